The molecule has 0 bridgehead atoms. The van der Waals surface area contributed by atoms with Gasteiger partial charge in [-0.1, -0.05) is 0 Å². The van der Waals surface area contributed by atoms with Crippen LogP contribution in [0.5, 0.6) is 5.75 Å². The highest BCUT2D eigenvalue weighted by Gasteiger charge is 2.40. The SMILES string of the molecule is COc1cccnc1Cc1cc([C@]2(C)CS(=O)(=O)N(C)C(N)=N2)ccn1. The van der Waals surface area contributed by atoms with Crippen LogP contribution in [0, 0.1) is 0 Å². The van der Waals surface area contributed by atoms with Gasteiger partial charge >= 0.3 is 0 Å². The molecule has 2 N–H and O–H groups in total. The molecular weight excluding hydrogens is 354 g/mol. The van der Waals surface area contributed by atoms with Gasteiger partial charge in [0.15, 0.2) is 0 Å². The fourth-order valence-corrected chi connectivity index (χ4v) is 4.38. The van der Waals surface area contributed by atoms with Crippen LogP contribution in [0.1, 0.15) is 23.9 Å². The van der Waals surface area contributed by atoms with E-state index in [-0.39, 0.29) is 11.7 Å². The van der Waals surface area contributed by atoms with Gasteiger partial charge in [0.2, 0.25) is 16.0 Å². The number of methoxy groups -OCH3 is 1. The third-order valence-corrected chi connectivity index (χ3v) is 6.37. The van der Waals surface area contributed by atoms with Gasteiger partial charge in [0, 0.05) is 31.6 Å². The number of aromatic nitrogens is 2. The van der Waals surface area contributed by atoms with E-state index >= 15 is 0 Å². The Bertz CT molecular complexity index is 960. The Balaban J connectivity index is 1.97. The molecule has 2 aromatic rings. The Hall–Kier alpha value is -2.68. The van der Waals surface area contributed by atoms with E-state index in [2.05, 4.69) is 15.0 Å². The van der Waals surface area contributed by atoms with Crippen molar-refractivity contribution >= 4 is 16.0 Å². The number of sulfonamides is 1. The molecule has 1 atom stereocenters. The standard InChI is InChI=1S/C17H21N5O3S/c1-17(11-26(23,24)22(2)16(18)21-17)12-6-8-19-13(9-12)10-14-15(25-3)5-4-7-20-14/h4-9H,10-11H2,1-3H3,(H2,18,21)/t17-/m0/s1. The molecule has 26 heavy (non-hydrogen) atoms. The number of pyridine rings is 2. The Kier molecular flexibility index (Phi) is 4.57. The number of aliphatic imine (C=N–C) groups is 1. The van der Waals surface area contributed by atoms with Crippen molar-refractivity contribution in [1.82, 2.24) is 14.3 Å². The van der Waals surface area contributed by atoms with Crippen molar-refractivity contribution in [2.24, 2.45) is 10.7 Å². The minimum absolute atomic E-state index is 0.0245. The van der Waals surface area contributed by atoms with E-state index < -0.39 is 15.6 Å². The van der Waals surface area contributed by atoms with Gasteiger partial charge in [-0.2, -0.15) is 0 Å². The summed E-state index contributed by atoms with van der Waals surface area (Å²) < 4.78 is 31.1. The molecular formula is C17H21N5O3S. The molecule has 3 heterocycles. The summed E-state index contributed by atoms with van der Waals surface area (Å²) in [5, 5.41) is 0. The molecule has 9 heteroatoms. The fourth-order valence-electron chi connectivity index (χ4n) is 2.92. The molecule has 1 aliphatic heterocycles. The minimum atomic E-state index is -3.52. The van der Waals surface area contributed by atoms with Crippen molar-refractivity contribution in [3.05, 3.63) is 53.6 Å². The molecule has 0 aliphatic carbocycles. The molecule has 0 saturated carbocycles. The lowest BCUT2D eigenvalue weighted by atomic mass is 9.94. The lowest BCUT2D eigenvalue weighted by molar-refractivity contribution is 0.407. The molecule has 0 saturated heterocycles. The molecule has 0 unspecified atom stereocenters. The van der Waals surface area contributed by atoms with E-state index in [0.717, 1.165) is 21.3 Å². The van der Waals surface area contributed by atoms with E-state index in [9.17, 15) is 8.42 Å². The van der Waals surface area contributed by atoms with Crippen LogP contribution in [0.3, 0.4) is 0 Å². The monoisotopic (exact) mass is 375 g/mol. The van der Waals surface area contributed by atoms with Crippen molar-refractivity contribution in [3.8, 4) is 5.75 Å². The van der Waals surface area contributed by atoms with Crippen molar-refractivity contribution in [2.45, 2.75) is 18.9 Å². The first-order valence-corrected chi connectivity index (χ1v) is 9.61. The summed E-state index contributed by atoms with van der Waals surface area (Å²) in [6.07, 6.45) is 3.79. The predicted octanol–water partition coefficient (Wildman–Crippen LogP) is 0.881. The normalized spacial score (nSPS) is 22.0. The zero-order chi connectivity index (χ0) is 18.9. The minimum Gasteiger partial charge on any atom is -0.495 e. The average Bonchev–Trinajstić information content (AvgIpc) is 2.60. The summed E-state index contributed by atoms with van der Waals surface area (Å²) in [6, 6.07) is 7.23. The third-order valence-electron chi connectivity index (χ3n) is 4.42. The Morgan fingerprint density at radius 2 is 2.08 bits per heavy atom. The average molecular weight is 375 g/mol. The number of hydrogen-bond donors (Lipinski definition) is 1. The van der Waals surface area contributed by atoms with E-state index in [1.54, 1.807) is 38.6 Å². The molecule has 0 amide bonds. The Labute approximate surface area is 152 Å². The van der Waals surface area contributed by atoms with Crippen molar-refractivity contribution in [2.75, 3.05) is 19.9 Å². The molecule has 2 aromatic heterocycles. The maximum atomic E-state index is 12.4. The van der Waals surface area contributed by atoms with Gasteiger partial charge in [-0.25, -0.2) is 17.7 Å². The summed E-state index contributed by atoms with van der Waals surface area (Å²) >= 11 is 0. The second kappa shape index (κ2) is 6.56. The first-order valence-electron chi connectivity index (χ1n) is 8.00. The topological polar surface area (TPSA) is 111 Å². The molecule has 0 aromatic carbocycles. The van der Waals surface area contributed by atoms with Crippen molar-refractivity contribution in [3.63, 3.8) is 0 Å². The van der Waals surface area contributed by atoms with Crippen LogP contribution >= 0.6 is 0 Å². The molecule has 0 radical (unpaired) electrons. The summed E-state index contributed by atoms with van der Waals surface area (Å²) in [6.45, 7) is 1.75. The fraction of sp³-hybridized carbons (Fsp3) is 0.353. The number of nitrogens with two attached hydrogens (primary N) is 1. The zero-order valence-corrected chi connectivity index (χ0v) is 15.7. The van der Waals surface area contributed by atoms with Gasteiger partial charge in [0.05, 0.1) is 18.6 Å². The van der Waals surface area contributed by atoms with Crippen LogP contribution in [0.4, 0.5) is 0 Å². The highest BCUT2D eigenvalue weighted by molar-refractivity contribution is 7.89. The lowest BCUT2D eigenvalue weighted by Crippen LogP contribution is -2.50. The second-order valence-electron chi connectivity index (χ2n) is 6.33. The maximum absolute atomic E-state index is 12.4. The van der Waals surface area contributed by atoms with E-state index in [1.807, 2.05) is 12.1 Å². The zero-order valence-electron chi connectivity index (χ0n) is 14.9. The third kappa shape index (κ3) is 3.34. The summed E-state index contributed by atoms with van der Waals surface area (Å²) in [7, 11) is -0.533. The molecule has 0 fully saturated rings. The Morgan fingerprint density at radius 3 is 2.77 bits per heavy atom. The van der Waals surface area contributed by atoms with Crippen LogP contribution in [0.2, 0.25) is 0 Å². The first-order chi connectivity index (χ1) is 12.2. The van der Waals surface area contributed by atoms with E-state index in [0.29, 0.717) is 12.2 Å². The van der Waals surface area contributed by atoms with E-state index in [1.165, 1.54) is 7.05 Å². The lowest BCUT2D eigenvalue weighted by Gasteiger charge is -2.34. The Morgan fingerprint density at radius 1 is 1.31 bits per heavy atom. The van der Waals surface area contributed by atoms with Gasteiger partial charge in [-0.05, 0) is 36.8 Å². The number of ether oxygens (including phenoxy) is 1. The largest absolute Gasteiger partial charge is 0.495 e. The summed E-state index contributed by atoms with van der Waals surface area (Å²) in [4.78, 5) is 13.1. The highest BCUT2D eigenvalue weighted by Crippen LogP contribution is 2.32. The number of nitrogens with zero attached hydrogens (tertiary/aromatic N) is 4. The van der Waals surface area contributed by atoms with Crippen LogP contribution in [-0.4, -0.2) is 48.6 Å². The number of rotatable bonds is 4. The van der Waals surface area contributed by atoms with Crippen molar-refractivity contribution in [1.29, 1.82) is 0 Å². The molecule has 1 aliphatic rings. The van der Waals surface area contributed by atoms with Crippen LogP contribution in [0.15, 0.2) is 41.7 Å². The highest BCUT2D eigenvalue weighted by atomic mass is 32.2. The molecule has 0 spiro atoms. The quantitative estimate of drug-likeness (QED) is 0.849. The summed E-state index contributed by atoms with van der Waals surface area (Å²) in [5.74, 6) is 0.492. The van der Waals surface area contributed by atoms with Gasteiger partial charge in [0.25, 0.3) is 0 Å². The predicted molar refractivity (Wildman–Crippen MR) is 98.4 cm³/mol. The second-order valence-corrected chi connectivity index (χ2v) is 8.33. The van der Waals surface area contributed by atoms with Crippen LogP contribution in [0.25, 0.3) is 0 Å². The van der Waals surface area contributed by atoms with Crippen LogP contribution in [-0.2, 0) is 22.0 Å². The number of guanidine groups is 1. The van der Waals surface area contributed by atoms with Crippen LogP contribution < -0.4 is 10.5 Å². The summed E-state index contributed by atoms with van der Waals surface area (Å²) in [5.41, 5.74) is 7.08. The molecule has 3 rings (SSSR count). The van der Waals surface area contributed by atoms with Gasteiger partial charge < -0.3 is 10.5 Å². The van der Waals surface area contributed by atoms with Crippen molar-refractivity contribution < 1.29 is 13.2 Å². The first kappa shape index (κ1) is 18.1. The number of hydrogen-bond acceptors (Lipinski definition) is 7. The van der Waals surface area contributed by atoms with E-state index in [4.69, 9.17) is 10.5 Å². The maximum Gasteiger partial charge on any atom is 0.239 e. The van der Waals surface area contributed by atoms with Gasteiger partial charge in [0.1, 0.15) is 11.3 Å². The van der Waals surface area contributed by atoms with Gasteiger partial charge in [-0.15, -0.1) is 0 Å². The van der Waals surface area contributed by atoms with Gasteiger partial charge in [-0.3, -0.25) is 9.97 Å². The molecule has 8 nitrogen and oxygen atoms in total. The smallest absolute Gasteiger partial charge is 0.239 e. The molecule has 138 valence electrons.